The molecule has 3 aromatic rings. The first-order valence-corrected chi connectivity index (χ1v) is 12.3. The van der Waals surface area contributed by atoms with E-state index in [9.17, 15) is 14.4 Å². The summed E-state index contributed by atoms with van der Waals surface area (Å²) in [5.41, 5.74) is 2.27. The molecule has 0 atom stereocenters. The maximum atomic E-state index is 13.2. The molecule has 0 aromatic heterocycles. The molecule has 0 bridgehead atoms. The minimum absolute atomic E-state index is 0.213. The number of imide groups is 2. The monoisotopic (exact) mass is 580 g/mol. The van der Waals surface area contributed by atoms with Crippen LogP contribution in [0.1, 0.15) is 16.7 Å². The van der Waals surface area contributed by atoms with Gasteiger partial charge in [-0.3, -0.25) is 14.9 Å². The Morgan fingerprint density at radius 2 is 1.84 bits per heavy atom. The fraction of sp³-hybridized carbons (Fsp3) is 0.107. The third-order valence-corrected chi connectivity index (χ3v) is 6.28. The van der Waals surface area contributed by atoms with Crippen molar-refractivity contribution in [1.82, 2.24) is 5.32 Å². The van der Waals surface area contributed by atoms with Crippen molar-refractivity contribution in [3.63, 3.8) is 0 Å². The van der Waals surface area contributed by atoms with Crippen LogP contribution < -0.4 is 19.7 Å². The number of ether oxygens (including phenoxy) is 2. The summed E-state index contributed by atoms with van der Waals surface area (Å²) in [6, 6.07) is 16.6. The second-order valence-corrected chi connectivity index (χ2v) is 9.41. The zero-order valence-corrected chi connectivity index (χ0v) is 22.1. The van der Waals surface area contributed by atoms with Crippen LogP contribution >= 0.6 is 27.5 Å². The van der Waals surface area contributed by atoms with E-state index in [1.165, 1.54) is 19.3 Å². The predicted octanol–water partition coefficient (Wildman–Crippen LogP) is 6.09. The van der Waals surface area contributed by atoms with Crippen LogP contribution in [-0.4, -0.2) is 25.0 Å². The quantitative estimate of drug-likeness (QED) is 0.198. The molecule has 7 nitrogen and oxygen atoms in total. The molecule has 0 radical (unpaired) electrons. The van der Waals surface area contributed by atoms with Gasteiger partial charge in [0.25, 0.3) is 11.8 Å². The lowest BCUT2D eigenvalue weighted by atomic mass is 10.0. The Labute approximate surface area is 227 Å². The van der Waals surface area contributed by atoms with Gasteiger partial charge >= 0.3 is 6.03 Å². The average Bonchev–Trinajstić information content (AvgIpc) is 2.86. The third kappa shape index (κ3) is 5.93. The molecule has 1 fully saturated rings. The van der Waals surface area contributed by atoms with Gasteiger partial charge in [-0.1, -0.05) is 51.8 Å². The standard InChI is InChI=1S/C28H22BrClN2O5/c1-3-5-19-12-18(14-24(36-2)25(19)37-16-17-8-10-20(29)11-9-17)13-23-26(33)31-28(35)32(27(23)34)22-7-4-6-21(30)15-22/h3-4,6-15H,1,5,16H2,2H3,(H,31,33,35)/b23-13+. The van der Waals surface area contributed by atoms with Crippen molar-refractivity contribution in [2.45, 2.75) is 13.0 Å². The normalized spacial score (nSPS) is 14.5. The van der Waals surface area contributed by atoms with Crippen molar-refractivity contribution >= 4 is 57.1 Å². The van der Waals surface area contributed by atoms with E-state index in [2.05, 4.69) is 27.8 Å². The number of nitrogens with zero attached hydrogens (tertiary/aromatic N) is 1. The average molecular weight is 582 g/mol. The smallest absolute Gasteiger partial charge is 0.335 e. The fourth-order valence-electron chi connectivity index (χ4n) is 3.80. The van der Waals surface area contributed by atoms with Gasteiger partial charge < -0.3 is 9.47 Å². The number of benzene rings is 3. The highest BCUT2D eigenvalue weighted by molar-refractivity contribution is 9.10. The van der Waals surface area contributed by atoms with Crippen LogP contribution in [0.25, 0.3) is 6.08 Å². The number of hydrogen-bond donors (Lipinski definition) is 1. The van der Waals surface area contributed by atoms with E-state index in [1.807, 2.05) is 24.3 Å². The Morgan fingerprint density at radius 3 is 2.51 bits per heavy atom. The first-order valence-electron chi connectivity index (χ1n) is 11.2. The number of barbiturate groups is 1. The van der Waals surface area contributed by atoms with E-state index in [-0.39, 0.29) is 11.3 Å². The molecule has 1 heterocycles. The molecule has 37 heavy (non-hydrogen) atoms. The van der Waals surface area contributed by atoms with E-state index in [1.54, 1.807) is 36.4 Å². The molecule has 1 saturated heterocycles. The minimum atomic E-state index is -0.851. The highest BCUT2D eigenvalue weighted by atomic mass is 79.9. The molecule has 3 aromatic carbocycles. The number of anilines is 1. The number of carbonyl (C=O) groups is 3. The van der Waals surface area contributed by atoms with Gasteiger partial charge in [-0.25, -0.2) is 9.69 Å². The number of hydrogen-bond acceptors (Lipinski definition) is 5. The zero-order chi connectivity index (χ0) is 26.5. The Hall–Kier alpha value is -3.88. The molecule has 9 heteroatoms. The summed E-state index contributed by atoms with van der Waals surface area (Å²) in [5.74, 6) is -0.610. The van der Waals surface area contributed by atoms with Crippen LogP contribution in [0.2, 0.25) is 5.02 Å². The molecule has 0 spiro atoms. The fourth-order valence-corrected chi connectivity index (χ4v) is 4.25. The predicted molar refractivity (Wildman–Crippen MR) is 146 cm³/mol. The van der Waals surface area contributed by atoms with Gasteiger partial charge in [0.1, 0.15) is 12.2 Å². The molecule has 188 valence electrons. The lowest BCUT2D eigenvalue weighted by Gasteiger charge is -2.26. The van der Waals surface area contributed by atoms with Crippen LogP contribution in [0, 0.1) is 0 Å². The van der Waals surface area contributed by atoms with Crippen LogP contribution in [0.15, 0.2) is 83.4 Å². The molecule has 4 rings (SSSR count). The largest absolute Gasteiger partial charge is 0.493 e. The van der Waals surface area contributed by atoms with Gasteiger partial charge in [0.05, 0.1) is 12.8 Å². The van der Waals surface area contributed by atoms with Crippen molar-refractivity contribution < 1.29 is 23.9 Å². The summed E-state index contributed by atoms with van der Waals surface area (Å²) in [7, 11) is 1.51. The number of halogens is 2. The molecule has 1 N–H and O–H groups in total. The molecule has 4 amide bonds. The highest BCUT2D eigenvalue weighted by Gasteiger charge is 2.37. The molecule has 0 aliphatic carbocycles. The summed E-state index contributed by atoms with van der Waals surface area (Å²) in [6.45, 7) is 4.13. The van der Waals surface area contributed by atoms with Gasteiger partial charge in [-0.15, -0.1) is 6.58 Å². The zero-order valence-electron chi connectivity index (χ0n) is 19.8. The van der Waals surface area contributed by atoms with Crippen molar-refractivity contribution in [3.8, 4) is 11.5 Å². The van der Waals surface area contributed by atoms with Gasteiger partial charge in [0.15, 0.2) is 11.5 Å². The van der Waals surface area contributed by atoms with E-state index in [0.717, 1.165) is 20.5 Å². The second-order valence-electron chi connectivity index (χ2n) is 8.06. The first-order chi connectivity index (χ1) is 17.8. The van der Waals surface area contributed by atoms with Gasteiger partial charge in [0, 0.05) is 15.1 Å². The number of amides is 4. The van der Waals surface area contributed by atoms with Crippen LogP contribution in [0.3, 0.4) is 0 Å². The second kappa shape index (κ2) is 11.5. The minimum Gasteiger partial charge on any atom is -0.493 e. The maximum absolute atomic E-state index is 13.2. The highest BCUT2D eigenvalue weighted by Crippen LogP contribution is 2.35. The number of nitrogens with one attached hydrogen (secondary N) is 1. The first kappa shape index (κ1) is 26.2. The van der Waals surface area contributed by atoms with Crippen molar-refractivity contribution in [2.24, 2.45) is 0 Å². The number of allylic oxidation sites excluding steroid dienone is 1. The lowest BCUT2D eigenvalue weighted by molar-refractivity contribution is -0.122. The summed E-state index contributed by atoms with van der Waals surface area (Å²) in [4.78, 5) is 39.2. The topological polar surface area (TPSA) is 84.9 Å². The molecular weight excluding hydrogens is 560 g/mol. The van der Waals surface area contributed by atoms with Crippen LogP contribution in [0.4, 0.5) is 10.5 Å². The van der Waals surface area contributed by atoms with E-state index in [0.29, 0.717) is 35.1 Å². The van der Waals surface area contributed by atoms with Gasteiger partial charge in [-0.2, -0.15) is 0 Å². The Balaban J connectivity index is 1.69. The molecule has 1 aliphatic heterocycles. The number of urea groups is 1. The third-order valence-electron chi connectivity index (χ3n) is 5.51. The summed E-state index contributed by atoms with van der Waals surface area (Å²) in [6.07, 6.45) is 3.59. The van der Waals surface area contributed by atoms with Gasteiger partial charge in [-0.05, 0) is 66.1 Å². The van der Waals surface area contributed by atoms with Crippen LogP contribution in [-0.2, 0) is 22.6 Å². The van der Waals surface area contributed by atoms with Crippen molar-refractivity contribution in [1.29, 1.82) is 0 Å². The number of carbonyl (C=O) groups excluding carboxylic acids is 3. The van der Waals surface area contributed by atoms with E-state index in [4.69, 9.17) is 21.1 Å². The Bertz CT molecular complexity index is 1420. The number of rotatable bonds is 8. The molecule has 0 unspecified atom stereocenters. The summed E-state index contributed by atoms with van der Waals surface area (Å²) < 4.78 is 12.7. The molecule has 1 aliphatic rings. The lowest BCUT2D eigenvalue weighted by Crippen LogP contribution is -2.54. The summed E-state index contributed by atoms with van der Waals surface area (Å²) in [5, 5.41) is 2.56. The van der Waals surface area contributed by atoms with Crippen LogP contribution in [0.5, 0.6) is 11.5 Å². The van der Waals surface area contributed by atoms with E-state index >= 15 is 0 Å². The van der Waals surface area contributed by atoms with E-state index < -0.39 is 17.8 Å². The van der Waals surface area contributed by atoms with Crippen molar-refractivity contribution in [2.75, 3.05) is 12.0 Å². The molecule has 0 saturated carbocycles. The van der Waals surface area contributed by atoms with Crippen molar-refractivity contribution in [3.05, 3.63) is 105 Å². The SMILES string of the molecule is C=CCc1cc(/C=C2\C(=O)NC(=O)N(c3cccc(Cl)c3)C2=O)cc(OC)c1OCc1ccc(Br)cc1. The number of methoxy groups -OCH3 is 1. The summed E-state index contributed by atoms with van der Waals surface area (Å²) >= 11 is 9.45. The Kier molecular flexibility index (Phi) is 8.11. The van der Waals surface area contributed by atoms with Gasteiger partial charge in [0.2, 0.25) is 0 Å². The maximum Gasteiger partial charge on any atom is 0.335 e. The molecular formula is C28H22BrClN2O5. The Morgan fingerprint density at radius 1 is 1.08 bits per heavy atom.